The highest BCUT2D eigenvalue weighted by Crippen LogP contribution is 2.49. The quantitative estimate of drug-likeness (QED) is 0.0555. The van der Waals surface area contributed by atoms with E-state index in [0.29, 0.717) is 21.6 Å². The summed E-state index contributed by atoms with van der Waals surface area (Å²) in [6.45, 7) is 0.751. The first-order valence-corrected chi connectivity index (χ1v) is 19.8. The average Bonchev–Trinajstić information content (AvgIpc) is 3.80. The molecule has 1 unspecified atom stereocenters. The number of hydrogen-bond acceptors (Lipinski definition) is 16. The van der Waals surface area contributed by atoms with Crippen LogP contribution in [0.2, 0.25) is 0 Å². The molecule has 2 fully saturated rings. The molecule has 3 aromatic rings. The van der Waals surface area contributed by atoms with Crippen molar-refractivity contribution in [2.24, 2.45) is 5.92 Å². The number of hydrogen-bond donors (Lipinski definition) is 3. The molecule has 22 heteroatoms. The number of nitro benzene ring substituents is 3. The minimum absolute atomic E-state index is 0.0171. The molecule has 0 bridgehead atoms. The van der Waals surface area contributed by atoms with Gasteiger partial charge in [0.1, 0.15) is 25.5 Å². The molecule has 3 N–H and O–H groups in total. The predicted molar refractivity (Wildman–Crippen MR) is 212 cm³/mol. The van der Waals surface area contributed by atoms with Gasteiger partial charge in [0.05, 0.1) is 45.0 Å². The Balaban J connectivity index is 1.14. The average molecular weight is 865 g/mol. The summed E-state index contributed by atoms with van der Waals surface area (Å²) in [4.78, 5) is 87.4. The molecule has 0 spiro atoms. The zero-order valence-corrected chi connectivity index (χ0v) is 33.2. The molecular weight excluding hydrogens is 825 g/mol. The first kappa shape index (κ1) is 43.9. The molecule has 61 heavy (non-hydrogen) atoms. The molecule has 0 saturated carbocycles. The van der Waals surface area contributed by atoms with E-state index in [0.717, 1.165) is 0 Å². The van der Waals surface area contributed by atoms with Crippen molar-refractivity contribution in [3.8, 4) is 0 Å². The highest BCUT2D eigenvalue weighted by molar-refractivity contribution is 8.03. The van der Waals surface area contributed by atoms with Crippen molar-refractivity contribution in [3.63, 3.8) is 0 Å². The van der Waals surface area contributed by atoms with Crippen molar-refractivity contribution >= 4 is 52.9 Å². The van der Waals surface area contributed by atoms with Crippen LogP contribution in [0.4, 0.5) is 26.7 Å². The third kappa shape index (κ3) is 10.4. The van der Waals surface area contributed by atoms with Crippen molar-refractivity contribution in [2.75, 3.05) is 13.1 Å². The highest BCUT2D eigenvalue weighted by atomic mass is 32.2. The lowest BCUT2D eigenvalue weighted by Gasteiger charge is -2.44. The maximum absolute atomic E-state index is 13.7. The van der Waals surface area contributed by atoms with Gasteiger partial charge in [-0.05, 0) is 72.9 Å². The van der Waals surface area contributed by atoms with Crippen LogP contribution in [0.5, 0.6) is 0 Å². The first-order valence-electron chi connectivity index (χ1n) is 18.9. The van der Waals surface area contributed by atoms with Gasteiger partial charge < -0.3 is 39.5 Å². The zero-order chi connectivity index (χ0) is 44.0. The molecule has 0 aromatic heterocycles. The molecule has 2 saturated heterocycles. The molecule has 322 valence electrons. The maximum atomic E-state index is 13.7. The van der Waals surface area contributed by atoms with Gasteiger partial charge >= 0.3 is 18.2 Å². The number of aliphatic hydroxyl groups is 2. The van der Waals surface area contributed by atoms with Crippen LogP contribution in [0, 0.1) is 36.3 Å². The van der Waals surface area contributed by atoms with Crippen LogP contribution in [0.25, 0.3) is 0 Å². The van der Waals surface area contributed by atoms with Crippen LogP contribution in [0.1, 0.15) is 42.9 Å². The molecule has 3 amide bonds. The van der Waals surface area contributed by atoms with Crippen molar-refractivity contribution in [2.45, 2.75) is 75.5 Å². The number of rotatable bonds is 17. The Morgan fingerprint density at radius 2 is 1.30 bits per heavy atom. The summed E-state index contributed by atoms with van der Waals surface area (Å²) in [6, 6.07) is 14.9. The van der Waals surface area contributed by atoms with Gasteiger partial charge in [-0.1, -0.05) is 0 Å². The number of alkyl carbamates (subject to hydrolysis) is 1. The molecule has 6 atom stereocenters. The Labute approximate surface area is 350 Å². The number of esters is 1. The molecule has 21 nitrogen and oxygen atoms in total. The van der Waals surface area contributed by atoms with Crippen molar-refractivity contribution in [3.05, 3.63) is 130 Å². The Morgan fingerprint density at radius 1 is 0.803 bits per heavy atom. The summed E-state index contributed by atoms with van der Waals surface area (Å²) in [6.07, 6.45) is -3.50. The van der Waals surface area contributed by atoms with E-state index in [1.165, 1.54) is 101 Å². The fraction of sp³-hybridized carbons (Fsp3) is 0.385. The maximum Gasteiger partial charge on any atom is 0.410 e. The summed E-state index contributed by atoms with van der Waals surface area (Å²) in [5.74, 6) is -2.07. The Bertz CT molecular complexity index is 2200. The lowest BCUT2D eigenvalue weighted by atomic mass is 9.83. The SMILES string of the molecule is C[C@@H](O)[C@H]1C(=O)N2C(C(=O)OCc3ccc([N+](=O)[O-])cc3)=C(S[C@H]3C[C@@H](C(O)CCNC(=O)OCc4ccc([N+](=O)[O-])cc4)N(C(=O)OCc4ccc([N+](=O)[O-])cc4)C3)C[C@@H]12. The second kappa shape index (κ2) is 19.2. The number of fused-ring (bicyclic) bond motifs is 1. The normalized spacial score (nSPS) is 20.3. The number of benzene rings is 3. The molecule has 0 aliphatic carbocycles. The number of nitrogens with one attached hydrogen (secondary N) is 1. The molecule has 6 rings (SSSR count). The number of likely N-dealkylation sites (tertiary alicyclic amines) is 1. The van der Waals surface area contributed by atoms with E-state index in [9.17, 15) is 59.7 Å². The minimum Gasteiger partial charge on any atom is -0.456 e. The number of carbonyl (C=O) groups excluding carboxylic acids is 4. The Kier molecular flexibility index (Phi) is 13.8. The topological polar surface area (TPSA) is 284 Å². The number of non-ortho nitro benzene ring substituents is 3. The van der Waals surface area contributed by atoms with Crippen LogP contribution < -0.4 is 5.32 Å². The largest absolute Gasteiger partial charge is 0.456 e. The summed E-state index contributed by atoms with van der Waals surface area (Å²) in [5, 5.41) is 56.9. The smallest absolute Gasteiger partial charge is 0.410 e. The second-order valence-electron chi connectivity index (χ2n) is 14.5. The Hall–Kier alpha value is -6.65. The Morgan fingerprint density at radius 3 is 1.79 bits per heavy atom. The number of β-lactam (4-membered cyclic amide) rings is 1. The lowest BCUT2D eigenvalue weighted by Crippen LogP contribution is -2.61. The van der Waals surface area contributed by atoms with Gasteiger partial charge in [0.2, 0.25) is 5.91 Å². The van der Waals surface area contributed by atoms with Gasteiger partial charge in [0, 0.05) is 66.1 Å². The van der Waals surface area contributed by atoms with E-state index < -0.39 is 74.3 Å². The van der Waals surface area contributed by atoms with E-state index >= 15 is 0 Å². The van der Waals surface area contributed by atoms with E-state index in [2.05, 4.69) is 5.32 Å². The van der Waals surface area contributed by atoms with Gasteiger partial charge in [0.25, 0.3) is 17.1 Å². The highest BCUT2D eigenvalue weighted by Gasteiger charge is 2.57. The van der Waals surface area contributed by atoms with Crippen molar-refractivity contribution in [1.82, 2.24) is 15.1 Å². The summed E-state index contributed by atoms with van der Waals surface area (Å²) in [5.41, 5.74) is 0.992. The van der Waals surface area contributed by atoms with Crippen LogP contribution >= 0.6 is 11.8 Å². The third-order valence-corrected chi connectivity index (χ3v) is 11.7. The van der Waals surface area contributed by atoms with Gasteiger partial charge in [-0.2, -0.15) is 0 Å². The molecule has 3 aliphatic rings. The van der Waals surface area contributed by atoms with Gasteiger partial charge in [0.15, 0.2) is 0 Å². The van der Waals surface area contributed by atoms with Crippen LogP contribution in [0.15, 0.2) is 83.4 Å². The summed E-state index contributed by atoms with van der Waals surface area (Å²) >= 11 is 1.21. The van der Waals surface area contributed by atoms with E-state index in [-0.39, 0.29) is 74.9 Å². The molecule has 3 aromatic carbocycles. The van der Waals surface area contributed by atoms with Gasteiger partial charge in [-0.25, -0.2) is 14.4 Å². The van der Waals surface area contributed by atoms with Crippen molar-refractivity contribution in [1.29, 1.82) is 0 Å². The fourth-order valence-corrected chi connectivity index (χ4v) is 8.81. The van der Waals surface area contributed by atoms with E-state index in [1.54, 1.807) is 0 Å². The minimum atomic E-state index is -1.21. The number of amides is 3. The number of ether oxygens (including phenoxy) is 3. The van der Waals surface area contributed by atoms with Crippen LogP contribution in [-0.4, -0.2) is 101 Å². The van der Waals surface area contributed by atoms with E-state index in [1.807, 2.05) is 0 Å². The third-order valence-electron chi connectivity index (χ3n) is 10.4. The first-order chi connectivity index (χ1) is 29.1. The number of nitrogens with zero attached hydrogens (tertiary/aromatic N) is 5. The predicted octanol–water partition coefficient (Wildman–Crippen LogP) is 4.47. The zero-order valence-electron chi connectivity index (χ0n) is 32.4. The lowest BCUT2D eigenvalue weighted by molar-refractivity contribution is -0.385. The molecule has 3 aliphatic heterocycles. The number of aliphatic hydroxyl groups excluding tert-OH is 2. The number of thioether (sulfide) groups is 1. The second-order valence-corrected chi connectivity index (χ2v) is 15.9. The number of carbonyl (C=O) groups is 4. The standard InChI is InChI=1S/C39H40N6O15S/c1-22(46)34-31-17-33(35(42(31)36(34)48)37(49)58-19-23-2-8-26(9-3-23)43(52)53)61-29-16-30(41(18-29)39(51)60-21-25-6-12-28(13-7-25)45(56)57)32(47)14-15-40-38(50)59-20-24-4-10-27(11-5-24)44(54)55/h2-13,22,29-32,34,46-47H,14-21H2,1H3,(H,40,50)/t22-,29+,30+,31+,32?,34-/m1/s1. The summed E-state index contributed by atoms with van der Waals surface area (Å²) < 4.78 is 16.3. The van der Waals surface area contributed by atoms with Crippen LogP contribution in [0.3, 0.4) is 0 Å². The molecule has 0 radical (unpaired) electrons. The van der Waals surface area contributed by atoms with Crippen LogP contribution in [-0.2, 0) is 43.6 Å². The summed E-state index contributed by atoms with van der Waals surface area (Å²) in [7, 11) is 0. The van der Waals surface area contributed by atoms with Crippen molar-refractivity contribution < 1.29 is 58.4 Å². The fourth-order valence-electron chi connectivity index (χ4n) is 7.31. The van der Waals surface area contributed by atoms with Gasteiger partial charge in [-0.3, -0.25) is 35.1 Å². The molecular formula is C39H40N6O15S. The number of nitro groups is 3. The van der Waals surface area contributed by atoms with Gasteiger partial charge in [-0.15, -0.1) is 11.8 Å². The molecule has 3 heterocycles. The van der Waals surface area contributed by atoms with E-state index in [4.69, 9.17) is 14.2 Å². The monoisotopic (exact) mass is 864 g/mol.